The number of nitrogens with zero attached hydrogens (tertiary/aromatic N) is 1. The van der Waals surface area contributed by atoms with Gasteiger partial charge in [0.05, 0.1) is 5.38 Å². The van der Waals surface area contributed by atoms with Crippen molar-refractivity contribution in [1.29, 1.82) is 0 Å². The first-order chi connectivity index (χ1) is 4.71. The van der Waals surface area contributed by atoms with Gasteiger partial charge in [0.1, 0.15) is 0 Å². The van der Waals surface area contributed by atoms with Crippen LogP contribution < -0.4 is 0 Å². The largest absolute Gasteiger partial charge is 0.302 e. The van der Waals surface area contributed by atoms with Gasteiger partial charge in [0.15, 0.2) is 0 Å². The highest BCUT2D eigenvalue weighted by atomic mass is 35.5. The molecule has 0 aromatic carbocycles. The first-order valence-electron chi connectivity index (χ1n) is 3.92. The summed E-state index contributed by atoms with van der Waals surface area (Å²) in [4.78, 5) is 2.44. The van der Waals surface area contributed by atoms with Gasteiger partial charge in [0.2, 0.25) is 0 Å². The van der Waals surface area contributed by atoms with E-state index >= 15 is 0 Å². The van der Waals surface area contributed by atoms with Crippen LogP contribution in [0.15, 0.2) is 0 Å². The quantitative estimate of drug-likeness (QED) is 0.484. The molecule has 2 bridgehead atoms. The van der Waals surface area contributed by atoms with Gasteiger partial charge < -0.3 is 4.90 Å². The van der Waals surface area contributed by atoms with Gasteiger partial charge in [-0.15, -0.1) is 11.6 Å². The first kappa shape index (κ1) is 6.93. The molecule has 3 rings (SSSR count). The monoisotopic (exact) mass is 158 g/mol. The molecule has 3 saturated heterocycles. The summed E-state index contributed by atoms with van der Waals surface area (Å²) in [5.74, 6) is 0. The fourth-order valence-electron chi connectivity index (χ4n) is 1.91. The Labute approximate surface area is 67.3 Å². The minimum absolute atomic E-state index is 0.219. The second kappa shape index (κ2) is 2.12. The second-order valence-corrected chi connectivity index (χ2v) is 4.16. The Morgan fingerprint density at radius 2 is 2.00 bits per heavy atom. The van der Waals surface area contributed by atoms with Gasteiger partial charge in [-0.05, 0) is 38.3 Å². The Kier molecular flexibility index (Phi) is 1.47. The third kappa shape index (κ3) is 0.876. The van der Waals surface area contributed by atoms with Gasteiger partial charge in [-0.1, -0.05) is 0 Å². The van der Waals surface area contributed by atoms with Crippen molar-refractivity contribution in [2.45, 2.75) is 18.2 Å². The van der Waals surface area contributed by atoms with Crippen LogP contribution in [0.4, 0.5) is 0 Å². The number of halogens is 1. The molecule has 3 aliphatic rings. The molecule has 0 spiro atoms. The SMILES string of the molecule is [CH2]C12CCN(CC1)CC2Cl. The molecule has 3 aliphatic heterocycles. The van der Waals surface area contributed by atoms with Gasteiger partial charge in [-0.25, -0.2) is 0 Å². The van der Waals surface area contributed by atoms with Crippen molar-refractivity contribution >= 4 is 11.6 Å². The lowest BCUT2D eigenvalue weighted by atomic mass is 9.73. The Morgan fingerprint density at radius 1 is 1.40 bits per heavy atom. The van der Waals surface area contributed by atoms with Crippen molar-refractivity contribution in [2.75, 3.05) is 19.6 Å². The summed E-state index contributed by atoms with van der Waals surface area (Å²) in [5, 5.41) is 0.301. The molecule has 0 aromatic heterocycles. The zero-order chi connectivity index (χ0) is 7.19. The lowest BCUT2D eigenvalue weighted by Gasteiger charge is -2.49. The highest BCUT2D eigenvalue weighted by molar-refractivity contribution is 6.21. The first-order valence-corrected chi connectivity index (χ1v) is 4.36. The maximum Gasteiger partial charge on any atom is 0.0520 e. The predicted molar refractivity (Wildman–Crippen MR) is 43.1 cm³/mol. The minimum atomic E-state index is 0.219. The minimum Gasteiger partial charge on any atom is -0.302 e. The predicted octanol–water partition coefficient (Wildman–Crippen LogP) is 1.52. The molecule has 1 nitrogen and oxygen atoms in total. The topological polar surface area (TPSA) is 3.24 Å². The summed E-state index contributed by atoms with van der Waals surface area (Å²) >= 11 is 6.15. The van der Waals surface area contributed by atoms with Crippen LogP contribution in [0.1, 0.15) is 12.8 Å². The number of fused-ring (bicyclic) bond motifs is 3. The van der Waals surface area contributed by atoms with E-state index in [2.05, 4.69) is 11.8 Å². The Balaban J connectivity index is 2.17. The van der Waals surface area contributed by atoms with Crippen molar-refractivity contribution < 1.29 is 0 Å². The number of piperidine rings is 3. The highest BCUT2D eigenvalue weighted by Crippen LogP contribution is 2.41. The van der Waals surface area contributed by atoms with E-state index in [1.165, 1.54) is 25.9 Å². The molecule has 1 atom stereocenters. The summed E-state index contributed by atoms with van der Waals surface area (Å²) in [6.07, 6.45) is 2.39. The Bertz CT molecular complexity index is 138. The van der Waals surface area contributed by atoms with Crippen molar-refractivity contribution in [3.63, 3.8) is 0 Å². The third-order valence-corrected chi connectivity index (χ3v) is 3.54. The zero-order valence-electron chi connectivity index (χ0n) is 6.15. The maximum absolute atomic E-state index is 6.15. The molecule has 0 saturated carbocycles. The molecule has 1 unspecified atom stereocenters. The summed E-state index contributed by atoms with van der Waals surface area (Å²) in [7, 11) is 0. The number of hydrogen-bond donors (Lipinski definition) is 0. The molecule has 57 valence electrons. The summed E-state index contributed by atoms with van der Waals surface area (Å²) < 4.78 is 0. The molecule has 0 amide bonds. The van der Waals surface area contributed by atoms with Crippen LogP contribution in [0.25, 0.3) is 0 Å². The van der Waals surface area contributed by atoms with E-state index in [-0.39, 0.29) is 5.41 Å². The van der Waals surface area contributed by atoms with Crippen LogP contribution >= 0.6 is 11.6 Å². The van der Waals surface area contributed by atoms with E-state index in [4.69, 9.17) is 11.6 Å². The van der Waals surface area contributed by atoms with Crippen LogP contribution in [0.2, 0.25) is 0 Å². The van der Waals surface area contributed by atoms with E-state index in [9.17, 15) is 0 Å². The van der Waals surface area contributed by atoms with Gasteiger partial charge in [0.25, 0.3) is 0 Å². The molecular formula is C8H13ClN. The zero-order valence-corrected chi connectivity index (χ0v) is 6.90. The summed E-state index contributed by atoms with van der Waals surface area (Å²) in [6, 6.07) is 0. The lowest BCUT2D eigenvalue weighted by Crippen LogP contribution is -2.54. The van der Waals surface area contributed by atoms with Crippen LogP contribution in [-0.4, -0.2) is 29.9 Å². The summed E-state index contributed by atoms with van der Waals surface area (Å²) in [6.45, 7) is 7.70. The van der Waals surface area contributed by atoms with E-state index in [0.717, 1.165) is 6.54 Å². The smallest absolute Gasteiger partial charge is 0.0520 e. The summed E-state index contributed by atoms with van der Waals surface area (Å²) in [5.41, 5.74) is 0.219. The standard InChI is InChI=1S/C8H13ClN/c1-8-2-4-10(5-3-8)6-7(8)9/h7H,1-6H2. The lowest BCUT2D eigenvalue weighted by molar-refractivity contribution is 0.0642. The highest BCUT2D eigenvalue weighted by Gasteiger charge is 2.42. The van der Waals surface area contributed by atoms with Gasteiger partial charge in [0, 0.05) is 6.54 Å². The van der Waals surface area contributed by atoms with Gasteiger partial charge >= 0.3 is 0 Å². The van der Waals surface area contributed by atoms with Crippen LogP contribution in [0.3, 0.4) is 0 Å². The number of rotatable bonds is 0. The average Bonchev–Trinajstić information content (AvgIpc) is 1.92. The molecule has 1 radical (unpaired) electrons. The maximum atomic E-state index is 6.15. The van der Waals surface area contributed by atoms with E-state index < -0.39 is 0 Å². The van der Waals surface area contributed by atoms with Crippen molar-refractivity contribution in [3.05, 3.63) is 6.92 Å². The third-order valence-electron chi connectivity index (χ3n) is 2.93. The Hall–Kier alpha value is 0.250. The second-order valence-electron chi connectivity index (χ2n) is 3.63. The van der Waals surface area contributed by atoms with Crippen LogP contribution in [-0.2, 0) is 0 Å². The van der Waals surface area contributed by atoms with Gasteiger partial charge in [-0.3, -0.25) is 0 Å². The van der Waals surface area contributed by atoms with E-state index in [0.29, 0.717) is 5.38 Å². The van der Waals surface area contributed by atoms with Crippen molar-refractivity contribution in [1.82, 2.24) is 4.90 Å². The normalized spacial score (nSPS) is 53.4. The van der Waals surface area contributed by atoms with Crippen LogP contribution in [0, 0.1) is 12.3 Å². The van der Waals surface area contributed by atoms with Crippen LogP contribution in [0.5, 0.6) is 0 Å². The van der Waals surface area contributed by atoms with Crippen molar-refractivity contribution in [2.24, 2.45) is 5.41 Å². The molecular weight excluding hydrogens is 146 g/mol. The molecule has 10 heavy (non-hydrogen) atoms. The molecule has 2 heteroatoms. The molecule has 0 N–H and O–H groups in total. The fourth-order valence-corrected chi connectivity index (χ4v) is 2.33. The van der Waals surface area contributed by atoms with Crippen molar-refractivity contribution in [3.8, 4) is 0 Å². The molecule has 0 aliphatic carbocycles. The van der Waals surface area contributed by atoms with E-state index in [1.54, 1.807) is 0 Å². The number of hydrogen-bond acceptors (Lipinski definition) is 1. The average molecular weight is 159 g/mol. The molecule has 0 aromatic rings. The Morgan fingerprint density at radius 3 is 2.30 bits per heavy atom. The fraction of sp³-hybridized carbons (Fsp3) is 0.875. The van der Waals surface area contributed by atoms with Gasteiger partial charge in [-0.2, -0.15) is 0 Å². The molecule has 3 heterocycles. The van der Waals surface area contributed by atoms with E-state index in [1.807, 2.05) is 0 Å². The molecule has 3 fully saturated rings. The number of alkyl halides is 1.